The zero-order chi connectivity index (χ0) is 20.6. The van der Waals surface area contributed by atoms with Crippen molar-refractivity contribution in [1.29, 1.82) is 0 Å². The third kappa shape index (κ3) is 9.73. The van der Waals surface area contributed by atoms with Crippen molar-refractivity contribution in [2.24, 2.45) is 0 Å². The summed E-state index contributed by atoms with van der Waals surface area (Å²) >= 11 is 0. The second kappa shape index (κ2) is 14.9. The van der Waals surface area contributed by atoms with Crippen LogP contribution in [0, 0.1) is 0 Å². The topological polar surface area (TPSA) is 54.0 Å². The Hall–Kier alpha value is -2.10. The zero-order valence-electron chi connectivity index (χ0n) is 17.4. The van der Waals surface area contributed by atoms with E-state index in [0.29, 0.717) is 17.9 Å². The molecule has 0 aliphatic heterocycles. The Morgan fingerprint density at radius 2 is 1.50 bits per heavy atom. The number of hydrogen-bond acceptors (Lipinski definition) is 5. The summed E-state index contributed by atoms with van der Waals surface area (Å²) in [5, 5.41) is 0. The molecule has 2 aromatic carbocycles. The van der Waals surface area contributed by atoms with Crippen LogP contribution in [0.3, 0.4) is 0 Å². The van der Waals surface area contributed by atoms with Crippen LogP contribution in [0.4, 0.5) is 0 Å². The van der Waals surface area contributed by atoms with Gasteiger partial charge in [0.2, 0.25) is 0 Å². The fraction of sp³-hybridized carbons (Fsp3) is 0.381. The second-order valence-corrected chi connectivity index (χ2v) is 8.96. The van der Waals surface area contributed by atoms with Gasteiger partial charge >= 0.3 is 5.97 Å². The predicted octanol–water partition coefficient (Wildman–Crippen LogP) is 3.29. The highest BCUT2D eigenvalue weighted by Gasteiger charge is 2.09. The molecule has 0 aliphatic rings. The van der Waals surface area contributed by atoms with Crippen LogP contribution >= 0.6 is 0 Å². The summed E-state index contributed by atoms with van der Waals surface area (Å²) in [6.07, 6.45) is 4.68. The van der Waals surface area contributed by atoms with Gasteiger partial charge in [-0.3, -0.25) is 0 Å². The summed E-state index contributed by atoms with van der Waals surface area (Å²) in [7, 11) is 2.53. The quantitative estimate of drug-likeness (QED) is 0.255. The highest BCUT2D eigenvalue weighted by Crippen LogP contribution is 2.19. The molecule has 0 unspecified atom stereocenters. The van der Waals surface area contributed by atoms with Gasteiger partial charge in [0.05, 0.1) is 19.3 Å². The van der Waals surface area contributed by atoms with E-state index in [0.717, 1.165) is 28.4 Å². The third-order valence-corrected chi connectivity index (χ3v) is 6.22. The Morgan fingerprint density at radius 3 is 2.04 bits per heavy atom. The third-order valence-electron chi connectivity index (χ3n) is 3.92. The highest BCUT2D eigenvalue weighted by atomic mass is 28.3. The Bertz CT molecular complexity index is 658. The van der Waals surface area contributed by atoms with Crippen molar-refractivity contribution >= 4 is 26.2 Å². The van der Waals surface area contributed by atoms with Gasteiger partial charge < -0.3 is 18.3 Å². The van der Waals surface area contributed by atoms with Crippen molar-refractivity contribution < 1.29 is 23.1 Å². The van der Waals surface area contributed by atoms with E-state index in [9.17, 15) is 4.79 Å². The van der Waals surface area contributed by atoms with Crippen molar-refractivity contribution in [3.05, 3.63) is 54.1 Å². The number of carbonyl (C=O) groups excluding carboxylic acids is 1. The van der Waals surface area contributed by atoms with Gasteiger partial charge in [0.1, 0.15) is 37.5 Å². The first kappa shape index (κ1) is 23.9. The van der Waals surface area contributed by atoms with E-state index in [1.54, 1.807) is 55.6 Å². The maximum absolute atomic E-state index is 12.1. The SMILES string of the molecule is CCCCCCOc1ccc(C(=O)Oc2ccc(OC)cc2)cc1.C[SiH2]O[SiH3]. The lowest BCUT2D eigenvalue weighted by Gasteiger charge is -2.08. The molecular formula is C21H32O5Si2. The molecule has 0 radical (unpaired) electrons. The zero-order valence-corrected chi connectivity index (χ0v) is 20.8. The number of ether oxygens (including phenoxy) is 3. The smallest absolute Gasteiger partial charge is 0.343 e. The first-order chi connectivity index (χ1) is 13.6. The molecule has 0 spiro atoms. The number of esters is 1. The number of carbonyl (C=O) groups is 1. The molecule has 0 saturated heterocycles. The molecule has 154 valence electrons. The largest absolute Gasteiger partial charge is 0.497 e. The Morgan fingerprint density at radius 1 is 0.929 bits per heavy atom. The van der Waals surface area contributed by atoms with E-state index in [1.807, 2.05) is 0 Å². The molecule has 0 N–H and O–H groups in total. The van der Waals surface area contributed by atoms with Crippen molar-refractivity contribution in [3.8, 4) is 17.2 Å². The van der Waals surface area contributed by atoms with Crippen LogP contribution < -0.4 is 14.2 Å². The Kier molecular flexibility index (Phi) is 12.7. The van der Waals surface area contributed by atoms with Crippen LogP contribution in [0.1, 0.15) is 43.0 Å². The summed E-state index contributed by atoms with van der Waals surface area (Å²) in [6, 6.07) is 13.9. The number of methoxy groups -OCH3 is 1. The highest BCUT2D eigenvalue weighted by molar-refractivity contribution is 6.32. The van der Waals surface area contributed by atoms with Gasteiger partial charge in [0, 0.05) is 0 Å². The molecular weight excluding hydrogens is 388 g/mol. The van der Waals surface area contributed by atoms with E-state index < -0.39 is 5.97 Å². The summed E-state index contributed by atoms with van der Waals surface area (Å²) in [6.45, 7) is 5.02. The molecule has 0 aliphatic carbocycles. The van der Waals surface area contributed by atoms with Crippen molar-refractivity contribution in [2.75, 3.05) is 13.7 Å². The summed E-state index contributed by atoms with van der Waals surface area (Å²) in [5.74, 6) is 1.58. The standard InChI is InChI=1S/C20H24O4.CH8OSi2/c1-3-4-5-6-15-23-18-9-7-16(8-10-18)20(21)24-19-13-11-17(22-2)12-14-19;1-4-2-3/h7-14H,3-6,15H2,1-2H3;4H2,1,3H3. The van der Waals surface area contributed by atoms with Crippen LogP contribution in [0.5, 0.6) is 17.2 Å². The van der Waals surface area contributed by atoms with Gasteiger partial charge in [0.15, 0.2) is 0 Å². The number of benzene rings is 2. The van der Waals surface area contributed by atoms with Crippen LogP contribution in [0.15, 0.2) is 48.5 Å². The normalized spacial score (nSPS) is 10.4. The molecule has 7 heteroatoms. The molecule has 28 heavy (non-hydrogen) atoms. The molecule has 2 rings (SSSR count). The van der Waals surface area contributed by atoms with E-state index in [2.05, 4.69) is 13.5 Å². The lowest BCUT2D eigenvalue weighted by molar-refractivity contribution is 0.0734. The molecule has 0 atom stereocenters. The van der Waals surface area contributed by atoms with Crippen molar-refractivity contribution in [1.82, 2.24) is 0 Å². The van der Waals surface area contributed by atoms with E-state index in [-0.39, 0.29) is 9.76 Å². The van der Waals surface area contributed by atoms with Crippen LogP contribution in [-0.2, 0) is 4.12 Å². The second-order valence-electron chi connectivity index (χ2n) is 6.08. The minimum Gasteiger partial charge on any atom is -0.497 e. The van der Waals surface area contributed by atoms with Gasteiger partial charge in [-0.2, -0.15) is 0 Å². The molecule has 0 bridgehead atoms. The van der Waals surface area contributed by atoms with Gasteiger partial charge in [-0.15, -0.1) is 0 Å². The number of hydrogen-bond donors (Lipinski definition) is 0. The van der Waals surface area contributed by atoms with Gasteiger partial charge in [-0.25, -0.2) is 4.79 Å². The van der Waals surface area contributed by atoms with Crippen LogP contribution in [0.25, 0.3) is 0 Å². The summed E-state index contributed by atoms with van der Waals surface area (Å²) in [4.78, 5) is 12.1. The van der Waals surface area contributed by atoms with E-state index >= 15 is 0 Å². The molecule has 2 aromatic rings. The van der Waals surface area contributed by atoms with Crippen molar-refractivity contribution in [3.63, 3.8) is 0 Å². The van der Waals surface area contributed by atoms with E-state index in [1.165, 1.54) is 19.3 Å². The minimum absolute atomic E-state index is 0.0139. The maximum atomic E-state index is 12.1. The Labute approximate surface area is 173 Å². The number of unbranched alkanes of at least 4 members (excludes halogenated alkanes) is 3. The molecule has 0 amide bonds. The number of rotatable bonds is 10. The minimum atomic E-state index is -0.394. The predicted molar refractivity (Wildman–Crippen MR) is 119 cm³/mol. The first-order valence-electron chi connectivity index (χ1n) is 9.72. The summed E-state index contributed by atoms with van der Waals surface area (Å²) in [5.41, 5.74) is 0.490. The Balaban J connectivity index is 0.000000892. The van der Waals surface area contributed by atoms with Crippen molar-refractivity contribution in [2.45, 2.75) is 39.2 Å². The molecule has 0 aromatic heterocycles. The molecule has 0 saturated carbocycles. The van der Waals surface area contributed by atoms with Crippen LogP contribution in [-0.4, -0.2) is 39.9 Å². The average molecular weight is 421 g/mol. The molecule has 5 nitrogen and oxygen atoms in total. The fourth-order valence-corrected chi connectivity index (χ4v) is 2.22. The monoisotopic (exact) mass is 420 g/mol. The molecule has 0 fully saturated rings. The first-order valence-corrected chi connectivity index (χ1v) is 12.5. The fourth-order valence-electron chi connectivity index (χ4n) is 2.22. The average Bonchev–Trinajstić information content (AvgIpc) is 2.74. The summed E-state index contributed by atoms with van der Waals surface area (Å²) < 4.78 is 20.9. The lowest BCUT2D eigenvalue weighted by atomic mass is 10.2. The van der Waals surface area contributed by atoms with E-state index in [4.69, 9.17) is 18.3 Å². The van der Waals surface area contributed by atoms with Gasteiger partial charge in [-0.1, -0.05) is 32.7 Å². The molecule has 0 heterocycles. The van der Waals surface area contributed by atoms with Crippen LogP contribution in [0.2, 0.25) is 6.55 Å². The maximum Gasteiger partial charge on any atom is 0.343 e. The van der Waals surface area contributed by atoms with Gasteiger partial charge in [0.25, 0.3) is 0 Å². The van der Waals surface area contributed by atoms with Gasteiger partial charge in [-0.05, 0) is 55.0 Å². The lowest BCUT2D eigenvalue weighted by Crippen LogP contribution is -2.08.